The standard InChI is InChI=1S/C19H12N2O5/c22-13-6-7-14-16(9-13)26-10-11(17(14)23)8-15-18(24)20-21(19(15)25)12-4-2-1-3-5-12/h1-10,22H,(H,20,24). The lowest BCUT2D eigenvalue weighted by Crippen LogP contribution is -2.35. The van der Waals surface area contributed by atoms with Gasteiger partial charge in [-0.1, -0.05) is 18.2 Å². The molecule has 0 saturated carbocycles. The molecule has 7 nitrogen and oxygen atoms in total. The van der Waals surface area contributed by atoms with Crippen molar-refractivity contribution in [3.05, 3.63) is 76.2 Å². The Hall–Kier alpha value is -3.87. The average molecular weight is 348 g/mol. The molecule has 1 fully saturated rings. The summed E-state index contributed by atoms with van der Waals surface area (Å²) in [5.74, 6) is -1.20. The van der Waals surface area contributed by atoms with Gasteiger partial charge in [-0.05, 0) is 30.3 Å². The zero-order chi connectivity index (χ0) is 18.3. The number of phenolic OH excluding ortho intramolecular Hbond substituents is 1. The molecule has 1 aromatic heterocycles. The zero-order valence-electron chi connectivity index (χ0n) is 13.3. The molecule has 1 aliphatic rings. The van der Waals surface area contributed by atoms with Crippen LogP contribution in [0.4, 0.5) is 5.69 Å². The quantitative estimate of drug-likeness (QED) is 0.545. The van der Waals surface area contributed by atoms with Gasteiger partial charge in [-0.15, -0.1) is 0 Å². The first-order valence-corrected chi connectivity index (χ1v) is 7.71. The van der Waals surface area contributed by atoms with Crippen LogP contribution in [-0.4, -0.2) is 16.9 Å². The Morgan fingerprint density at radius 2 is 1.81 bits per heavy atom. The van der Waals surface area contributed by atoms with E-state index in [1.165, 1.54) is 24.3 Å². The molecule has 2 heterocycles. The van der Waals surface area contributed by atoms with Gasteiger partial charge in [0.1, 0.15) is 23.2 Å². The summed E-state index contributed by atoms with van der Waals surface area (Å²) in [5, 5.41) is 10.8. The molecule has 2 aromatic carbocycles. The second kappa shape index (κ2) is 5.89. The number of benzene rings is 2. The maximum atomic E-state index is 12.5. The van der Waals surface area contributed by atoms with Crippen LogP contribution in [0.5, 0.6) is 5.75 Å². The number of hydrazine groups is 1. The molecular weight excluding hydrogens is 336 g/mol. The van der Waals surface area contributed by atoms with E-state index in [0.29, 0.717) is 5.69 Å². The van der Waals surface area contributed by atoms with E-state index >= 15 is 0 Å². The lowest BCUT2D eigenvalue weighted by molar-refractivity contribution is -0.117. The van der Waals surface area contributed by atoms with Crippen LogP contribution in [0.1, 0.15) is 5.56 Å². The number of fused-ring (bicyclic) bond motifs is 1. The Morgan fingerprint density at radius 1 is 1.04 bits per heavy atom. The number of rotatable bonds is 2. The predicted octanol–water partition coefficient (Wildman–Crippen LogP) is 1.96. The van der Waals surface area contributed by atoms with Gasteiger partial charge in [-0.2, -0.15) is 0 Å². The Morgan fingerprint density at radius 3 is 2.58 bits per heavy atom. The number of para-hydroxylation sites is 1. The van der Waals surface area contributed by atoms with Crippen LogP contribution in [0.2, 0.25) is 0 Å². The fourth-order valence-electron chi connectivity index (χ4n) is 2.70. The van der Waals surface area contributed by atoms with Crippen molar-refractivity contribution in [1.29, 1.82) is 0 Å². The number of anilines is 1. The van der Waals surface area contributed by atoms with Gasteiger partial charge in [0, 0.05) is 6.07 Å². The summed E-state index contributed by atoms with van der Waals surface area (Å²) in [6, 6.07) is 12.7. The summed E-state index contributed by atoms with van der Waals surface area (Å²) in [4.78, 5) is 37.3. The first-order chi connectivity index (χ1) is 12.5. The van der Waals surface area contributed by atoms with E-state index in [-0.39, 0.29) is 27.9 Å². The molecule has 26 heavy (non-hydrogen) atoms. The van der Waals surface area contributed by atoms with Crippen molar-refractivity contribution in [3.63, 3.8) is 0 Å². The van der Waals surface area contributed by atoms with Gasteiger partial charge in [0.25, 0.3) is 11.8 Å². The van der Waals surface area contributed by atoms with Gasteiger partial charge < -0.3 is 9.52 Å². The number of phenols is 1. The summed E-state index contributed by atoms with van der Waals surface area (Å²) in [5.41, 5.74) is 2.68. The first kappa shape index (κ1) is 15.6. The van der Waals surface area contributed by atoms with E-state index in [2.05, 4.69) is 5.43 Å². The summed E-state index contributed by atoms with van der Waals surface area (Å²) in [6.45, 7) is 0. The van der Waals surface area contributed by atoms with Gasteiger partial charge in [-0.25, -0.2) is 5.01 Å². The Labute approximate surface area is 146 Å². The van der Waals surface area contributed by atoms with E-state index < -0.39 is 17.2 Å². The minimum Gasteiger partial charge on any atom is -0.508 e. The molecule has 0 atom stereocenters. The van der Waals surface area contributed by atoms with Crippen LogP contribution in [0.3, 0.4) is 0 Å². The Balaban J connectivity index is 1.77. The maximum Gasteiger partial charge on any atom is 0.282 e. The third-order valence-corrected chi connectivity index (χ3v) is 3.99. The van der Waals surface area contributed by atoms with Crippen molar-refractivity contribution in [3.8, 4) is 5.75 Å². The molecule has 0 bridgehead atoms. The lowest BCUT2D eigenvalue weighted by atomic mass is 10.1. The lowest BCUT2D eigenvalue weighted by Gasteiger charge is -2.13. The van der Waals surface area contributed by atoms with Crippen LogP contribution >= 0.6 is 0 Å². The van der Waals surface area contributed by atoms with E-state index in [1.807, 2.05) is 0 Å². The van der Waals surface area contributed by atoms with E-state index in [0.717, 1.165) is 11.3 Å². The molecule has 2 amide bonds. The number of amides is 2. The van der Waals surface area contributed by atoms with Crippen molar-refractivity contribution in [2.45, 2.75) is 0 Å². The van der Waals surface area contributed by atoms with Crippen molar-refractivity contribution in [1.82, 2.24) is 5.43 Å². The first-order valence-electron chi connectivity index (χ1n) is 7.71. The third kappa shape index (κ3) is 2.51. The van der Waals surface area contributed by atoms with Crippen LogP contribution in [0.15, 0.2) is 69.6 Å². The number of aromatic hydroxyl groups is 1. The molecular formula is C19H12N2O5. The smallest absolute Gasteiger partial charge is 0.282 e. The second-order valence-corrected chi connectivity index (χ2v) is 5.68. The highest BCUT2D eigenvalue weighted by Gasteiger charge is 2.34. The minimum atomic E-state index is -0.607. The molecule has 128 valence electrons. The number of carbonyl (C=O) groups excluding carboxylic acids is 2. The molecule has 1 saturated heterocycles. The molecule has 0 aliphatic carbocycles. The third-order valence-electron chi connectivity index (χ3n) is 3.99. The maximum absolute atomic E-state index is 12.5. The highest BCUT2D eigenvalue weighted by atomic mass is 16.3. The average Bonchev–Trinajstić information content (AvgIpc) is 2.92. The topological polar surface area (TPSA) is 99.8 Å². The zero-order valence-corrected chi connectivity index (χ0v) is 13.3. The van der Waals surface area contributed by atoms with E-state index in [1.54, 1.807) is 30.3 Å². The molecule has 0 unspecified atom stereocenters. The minimum absolute atomic E-state index is 0.0318. The van der Waals surface area contributed by atoms with Crippen LogP contribution in [-0.2, 0) is 9.59 Å². The molecule has 2 N–H and O–H groups in total. The van der Waals surface area contributed by atoms with Gasteiger partial charge in [-0.3, -0.25) is 19.8 Å². The summed E-state index contributed by atoms with van der Waals surface area (Å²) >= 11 is 0. The highest BCUT2D eigenvalue weighted by molar-refractivity contribution is 6.31. The predicted molar refractivity (Wildman–Crippen MR) is 94.2 cm³/mol. The molecule has 0 spiro atoms. The van der Waals surface area contributed by atoms with Crippen molar-refractivity contribution in [2.24, 2.45) is 0 Å². The molecule has 3 aromatic rings. The van der Waals surface area contributed by atoms with Gasteiger partial charge in [0.15, 0.2) is 5.43 Å². The highest BCUT2D eigenvalue weighted by Crippen LogP contribution is 2.22. The van der Waals surface area contributed by atoms with E-state index in [9.17, 15) is 19.5 Å². The Bertz CT molecular complexity index is 1130. The van der Waals surface area contributed by atoms with Crippen LogP contribution < -0.4 is 15.9 Å². The molecule has 7 heteroatoms. The fourth-order valence-corrected chi connectivity index (χ4v) is 2.70. The van der Waals surface area contributed by atoms with Crippen molar-refractivity contribution >= 4 is 34.5 Å². The van der Waals surface area contributed by atoms with Crippen LogP contribution in [0.25, 0.3) is 17.0 Å². The molecule has 0 radical (unpaired) electrons. The van der Waals surface area contributed by atoms with Crippen LogP contribution in [0, 0.1) is 0 Å². The number of hydrogen-bond donors (Lipinski definition) is 2. The second-order valence-electron chi connectivity index (χ2n) is 5.68. The summed E-state index contributed by atoms with van der Waals surface area (Å²) < 4.78 is 5.34. The largest absolute Gasteiger partial charge is 0.508 e. The summed E-state index contributed by atoms with van der Waals surface area (Å²) in [6.07, 6.45) is 2.36. The monoisotopic (exact) mass is 348 g/mol. The number of nitrogens with zero attached hydrogens (tertiary/aromatic N) is 1. The van der Waals surface area contributed by atoms with E-state index in [4.69, 9.17) is 4.42 Å². The van der Waals surface area contributed by atoms with Gasteiger partial charge >= 0.3 is 0 Å². The normalized spacial score (nSPS) is 15.7. The summed E-state index contributed by atoms with van der Waals surface area (Å²) in [7, 11) is 0. The van der Waals surface area contributed by atoms with Gasteiger partial charge in [0.05, 0.1) is 16.6 Å². The number of hydrogen-bond acceptors (Lipinski definition) is 5. The van der Waals surface area contributed by atoms with Crippen molar-refractivity contribution < 1.29 is 19.1 Å². The number of carbonyl (C=O) groups is 2. The molecule has 4 rings (SSSR count). The Kier molecular flexibility index (Phi) is 3.54. The number of nitrogens with one attached hydrogen (secondary N) is 1. The van der Waals surface area contributed by atoms with Gasteiger partial charge in [0.2, 0.25) is 0 Å². The molecule has 1 aliphatic heterocycles. The fraction of sp³-hybridized carbons (Fsp3) is 0. The SMILES string of the molecule is O=C1NN(c2ccccc2)C(=O)C1=Cc1coc2cc(O)ccc2c1=O. The van der Waals surface area contributed by atoms with Crippen molar-refractivity contribution in [2.75, 3.05) is 5.01 Å².